The molecule has 0 atom stereocenters. The highest BCUT2D eigenvalue weighted by Crippen LogP contribution is 2.12. The van der Waals surface area contributed by atoms with Crippen molar-refractivity contribution in [3.63, 3.8) is 0 Å². The smallest absolute Gasteiger partial charge is 0.251 e. The summed E-state index contributed by atoms with van der Waals surface area (Å²) < 4.78 is 0. The number of rotatable bonds is 7. The molecule has 0 spiro atoms. The number of hydrogen-bond donors (Lipinski definition) is 1. The highest BCUT2D eigenvalue weighted by Gasteiger charge is 2.08. The van der Waals surface area contributed by atoms with E-state index in [0.29, 0.717) is 12.1 Å². The molecule has 1 aromatic heterocycles. The van der Waals surface area contributed by atoms with Gasteiger partial charge in [0.1, 0.15) is 0 Å². The summed E-state index contributed by atoms with van der Waals surface area (Å²) in [6.45, 7) is 7.82. The maximum atomic E-state index is 12.1. The molecule has 0 radical (unpaired) electrons. The Bertz CT molecular complexity index is 594. The molecule has 2 rings (SSSR count). The molecule has 0 aliphatic heterocycles. The molecule has 0 unspecified atom stereocenters. The second kappa shape index (κ2) is 8.29. The minimum atomic E-state index is -0.0694. The van der Waals surface area contributed by atoms with Crippen molar-refractivity contribution >= 4 is 5.91 Å². The number of amides is 1. The fourth-order valence-electron chi connectivity index (χ4n) is 2.35. The van der Waals surface area contributed by atoms with Gasteiger partial charge in [-0.05, 0) is 36.3 Å². The highest BCUT2D eigenvalue weighted by atomic mass is 16.1. The van der Waals surface area contributed by atoms with E-state index < -0.39 is 0 Å². The molecule has 116 valence electrons. The lowest BCUT2D eigenvalue weighted by Gasteiger charge is -2.20. The first kappa shape index (κ1) is 16.2. The van der Waals surface area contributed by atoms with Crippen LogP contribution in [-0.2, 0) is 13.1 Å². The van der Waals surface area contributed by atoms with Crippen LogP contribution in [0.25, 0.3) is 0 Å². The average Bonchev–Trinajstić information content (AvgIpc) is 2.59. The van der Waals surface area contributed by atoms with Crippen LogP contribution in [0.3, 0.4) is 0 Å². The molecule has 0 bridgehead atoms. The monoisotopic (exact) mass is 297 g/mol. The molecule has 1 N–H and O–H groups in total. The second-order valence-electron chi connectivity index (χ2n) is 5.15. The summed E-state index contributed by atoms with van der Waals surface area (Å²) in [5.41, 5.74) is 3.06. The minimum Gasteiger partial charge on any atom is -0.348 e. The van der Waals surface area contributed by atoms with Crippen molar-refractivity contribution in [3.8, 4) is 0 Å². The number of benzene rings is 1. The fraction of sp³-hybridized carbons (Fsp3) is 0.333. The third kappa shape index (κ3) is 4.40. The van der Waals surface area contributed by atoms with Crippen molar-refractivity contribution in [2.75, 3.05) is 13.1 Å². The van der Waals surface area contributed by atoms with E-state index in [1.165, 1.54) is 5.56 Å². The van der Waals surface area contributed by atoms with E-state index in [1.54, 1.807) is 24.5 Å². The van der Waals surface area contributed by atoms with E-state index >= 15 is 0 Å². The van der Waals surface area contributed by atoms with E-state index in [2.05, 4.69) is 41.2 Å². The molecule has 0 aliphatic carbocycles. The number of nitrogens with zero attached hydrogens (tertiary/aromatic N) is 2. The van der Waals surface area contributed by atoms with Gasteiger partial charge in [-0.15, -0.1) is 0 Å². The number of carbonyl (C=O) groups is 1. The maximum absolute atomic E-state index is 12.1. The molecular formula is C18H23N3O. The Kier molecular flexibility index (Phi) is 6.10. The summed E-state index contributed by atoms with van der Waals surface area (Å²) >= 11 is 0. The van der Waals surface area contributed by atoms with Gasteiger partial charge < -0.3 is 5.32 Å². The van der Waals surface area contributed by atoms with Gasteiger partial charge in [-0.3, -0.25) is 14.7 Å². The van der Waals surface area contributed by atoms with Crippen molar-refractivity contribution in [1.82, 2.24) is 15.2 Å². The van der Waals surface area contributed by atoms with Gasteiger partial charge in [-0.1, -0.05) is 38.1 Å². The van der Waals surface area contributed by atoms with Crippen LogP contribution in [0.15, 0.2) is 48.8 Å². The Morgan fingerprint density at radius 2 is 1.68 bits per heavy atom. The number of carbonyl (C=O) groups excluding carboxylic acids is 1. The van der Waals surface area contributed by atoms with Gasteiger partial charge in [0.05, 0.1) is 0 Å². The van der Waals surface area contributed by atoms with Crippen LogP contribution in [0, 0.1) is 0 Å². The summed E-state index contributed by atoms with van der Waals surface area (Å²) in [7, 11) is 0. The molecule has 1 amide bonds. The van der Waals surface area contributed by atoms with Crippen LogP contribution in [0.4, 0.5) is 0 Å². The van der Waals surface area contributed by atoms with Crippen LogP contribution < -0.4 is 5.32 Å². The molecule has 22 heavy (non-hydrogen) atoms. The van der Waals surface area contributed by atoms with Crippen LogP contribution in [0.5, 0.6) is 0 Å². The topological polar surface area (TPSA) is 45.2 Å². The van der Waals surface area contributed by atoms with E-state index in [4.69, 9.17) is 0 Å². The first-order chi connectivity index (χ1) is 10.7. The number of pyridine rings is 1. The molecule has 0 saturated carbocycles. The Labute approximate surface area is 132 Å². The molecular weight excluding hydrogens is 274 g/mol. The zero-order chi connectivity index (χ0) is 15.8. The first-order valence-electron chi connectivity index (χ1n) is 7.72. The molecule has 0 aliphatic rings. The average molecular weight is 297 g/mol. The molecule has 0 fully saturated rings. The summed E-state index contributed by atoms with van der Waals surface area (Å²) in [5.74, 6) is -0.0694. The van der Waals surface area contributed by atoms with Crippen LogP contribution in [0.2, 0.25) is 0 Å². The predicted molar refractivity (Wildman–Crippen MR) is 88.5 cm³/mol. The van der Waals surface area contributed by atoms with E-state index in [0.717, 1.165) is 25.2 Å². The lowest BCUT2D eigenvalue weighted by Crippen LogP contribution is -2.26. The lowest BCUT2D eigenvalue weighted by atomic mass is 10.1. The zero-order valence-electron chi connectivity index (χ0n) is 13.2. The summed E-state index contributed by atoms with van der Waals surface area (Å²) in [6.07, 6.45) is 3.26. The second-order valence-corrected chi connectivity index (χ2v) is 5.15. The molecule has 2 aromatic rings. The molecule has 0 saturated heterocycles. The van der Waals surface area contributed by atoms with Crippen molar-refractivity contribution < 1.29 is 4.79 Å². The highest BCUT2D eigenvalue weighted by molar-refractivity contribution is 5.93. The zero-order valence-corrected chi connectivity index (χ0v) is 13.2. The molecule has 4 nitrogen and oxygen atoms in total. The quantitative estimate of drug-likeness (QED) is 0.854. The maximum Gasteiger partial charge on any atom is 0.251 e. The van der Waals surface area contributed by atoms with Gasteiger partial charge in [-0.25, -0.2) is 0 Å². The predicted octanol–water partition coefficient (Wildman–Crippen LogP) is 2.85. The third-order valence-electron chi connectivity index (χ3n) is 3.79. The van der Waals surface area contributed by atoms with Gasteiger partial charge in [0, 0.05) is 31.0 Å². The largest absolute Gasteiger partial charge is 0.348 e. The van der Waals surface area contributed by atoms with Gasteiger partial charge >= 0.3 is 0 Å². The van der Waals surface area contributed by atoms with Crippen molar-refractivity contribution in [3.05, 3.63) is 65.5 Å². The fourth-order valence-corrected chi connectivity index (χ4v) is 2.35. The normalized spacial score (nSPS) is 10.7. The Balaban J connectivity index is 2.02. The van der Waals surface area contributed by atoms with E-state index in [-0.39, 0.29) is 5.91 Å². The Morgan fingerprint density at radius 1 is 1.05 bits per heavy atom. The van der Waals surface area contributed by atoms with Crippen LogP contribution in [0.1, 0.15) is 35.3 Å². The third-order valence-corrected chi connectivity index (χ3v) is 3.79. The van der Waals surface area contributed by atoms with Crippen molar-refractivity contribution in [2.45, 2.75) is 26.9 Å². The van der Waals surface area contributed by atoms with E-state index in [1.807, 2.05) is 12.1 Å². The van der Waals surface area contributed by atoms with Crippen molar-refractivity contribution in [2.24, 2.45) is 0 Å². The standard InChI is InChI=1S/C18H23N3O/c1-3-21(4-2)14-17-8-6-5-7-16(17)13-20-18(22)15-9-11-19-12-10-15/h5-12H,3-4,13-14H2,1-2H3,(H,20,22). The first-order valence-corrected chi connectivity index (χ1v) is 7.72. The van der Waals surface area contributed by atoms with Gasteiger partial charge in [-0.2, -0.15) is 0 Å². The summed E-state index contributed by atoms with van der Waals surface area (Å²) in [4.78, 5) is 18.4. The summed E-state index contributed by atoms with van der Waals surface area (Å²) in [5, 5.41) is 2.98. The molecule has 1 aromatic carbocycles. The Morgan fingerprint density at radius 3 is 2.32 bits per heavy atom. The van der Waals surface area contributed by atoms with Crippen molar-refractivity contribution in [1.29, 1.82) is 0 Å². The van der Waals surface area contributed by atoms with E-state index in [9.17, 15) is 4.79 Å². The van der Waals surface area contributed by atoms with Gasteiger partial charge in [0.25, 0.3) is 5.91 Å². The van der Waals surface area contributed by atoms with Crippen LogP contribution >= 0.6 is 0 Å². The Hall–Kier alpha value is -2.20. The minimum absolute atomic E-state index is 0.0694. The SMILES string of the molecule is CCN(CC)Cc1ccccc1CNC(=O)c1ccncc1. The number of nitrogens with one attached hydrogen (secondary N) is 1. The summed E-state index contributed by atoms with van der Waals surface area (Å²) in [6, 6.07) is 11.7. The van der Waals surface area contributed by atoms with Crippen LogP contribution in [-0.4, -0.2) is 28.9 Å². The number of hydrogen-bond acceptors (Lipinski definition) is 3. The molecule has 1 heterocycles. The van der Waals surface area contributed by atoms with Gasteiger partial charge in [0.2, 0.25) is 0 Å². The molecule has 4 heteroatoms. The lowest BCUT2D eigenvalue weighted by molar-refractivity contribution is 0.0950. The number of aromatic nitrogens is 1. The van der Waals surface area contributed by atoms with Gasteiger partial charge in [0.15, 0.2) is 0 Å².